The molecule has 1 rings (SSSR count). The molecule has 19 heavy (non-hydrogen) atoms. The van der Waals surface area contributed by atoms with Crippen LogP contribution in [0.1, 0.15) is 41.5 Å². The lowest BCUT2D eigenvalue weighted by atomic mass is 9.99. The molecular formula is C14H18ClNO2S. The van der Waals surface area contributed by atoms with Crippen molar-refractivity contribution >= 4 is 29.2 Å². The quantitative estimate of drug-likeness (QED) is 0.561. The van der Waals surface area contributed by atoms with Gasteiger partial charge >= 0.3 is 0 Å². The smallest absolute Gasteiger partial charge is 0.123 e. The molecule has 1 aromatic heterocycles. The second-order valence-electron chi connectivity index (χ2n) is 4.45. The van der Waals surface area contributed by atoms with Crippen LogP contribution in [0, 0.1) is 17.2 Å². The highest BCUT2D eigenvalue weighted by Gasteiger charge is 2.12. The van der Waals surface area contributed by atoms with Gasteiger partial charge in [-0.3, -0.25) is 0 Å². The normalized spacial score (nSPS) is 13.7. The number of rotatable bonds is 9. The molecule has 0 fully saturated rings. The molecule has 0 saturated carbocycles. The van der Waals surface area contributed by atoms with E-state index in [4.69, 9.17) is 16.9 Å². The number of carbonyl (C=O) groups is 1. The average Bonchev–Trinajstić information content (AvgIpc) is 2.88. The largest absolute Gasteiger partial charge is 0.386 e. The third-order valence-corrected chi connectivity index (χ3v) is 4.47. The molecule has 0 radical (unpaired) electrons. The van der Waals surface area contributed by atoms with Gasteiger partial charge in [-0.1, -0.05) is 0 Å². The molecule has 1 N–H and O–H groups in total. The zero-order chi connectivity index (χ0) is 14.1. The molecular weight excluding hydrogens is 282 g/mol. The summed E-state index contributed by atoms with van der Waals surface area (Å²) in [5.41, 5.74) is 0. The van der Waals surface area contributed by atoms with E-state index in [-0.39, 0.29) is 12.3 Å². The highest BCUT2D eigenvalue weighted by atomic mass is 35.5. The number of hydrogen-bond acceptors (Lipinski definition) is 4. The van der Waals surface area contributed by atoms with E-state index < -0.39 is 6.10 Å². The van der Waals surface area contributed by atoms with E-state index in [1.807, 2.05) is 18.2 Å². The van der Waals surface area contributed by atoms with Gasteiger partial charge in [-0.2, -0.15) is 5.26 Å². The maximum atomic E-state index is 10.9. The summed E-state index contributed by atoms with van der Waals surface area (Å²) in [6.07, 6.45) is 3.77. The summed E-state index contributed by atoms with van der Waals surface area (Å²) in [6, 6.07) is 5.78. The lowest BCUT2D eigenvalue weighted by molar-refractivity contribution is -0.111. The first-order valence-corrected chi connectivity index (χ1v) is 7.71. The second-order valence-corrected chi connectivity index (χ2v) is 6.03. The number of aliphatic hydroxyl groups excluding tert-OH is 1. The molecule has 1 unspecified atom stereocenters. The summed E-state index contributed by atoms with van der Waals surface area (Å²) in [6.45, 7) is 0. The number of carbonyl (C=O) groups excluding carboxylic acids is 1. The Balaban J connectivity index is 2.45. The van der Waals surface area contributed by atoms with E-state index in [0.29, 0.717) is 5.88 Å². The number of nitrogens with zero attached hydrogens (tertiary/aromatic N) is 1. The van der Waals surface area contributed by atoms with Crippen molar-refractivity contribution in [2.45, 2.75) is 38.2 Å². The van der Waals surface area contributed by atoms with Gasteiger partial charge in [0.05, 0.1) is 12.5 Å². The molecule has 1 heterocycles. The number of alkyl halides is 1. The molecule has 3 nitrogen and oxygen atoms in total. The Morgan fingerprint density at radius 1 is 1.47 bits per heavy atom. The molecule has 0 saturated heterocycles. The van der Waals surface area contributed by atoms with Gasteiger partial charge in [-0.15, -0.1) is 22.9 Å². The number of thiophene rings is 1. The van der Waals surface area contributed by atoms with Gasteiger partial charge in [0, 0.05) is 21.6 Å². The van der Waals surface area contributed by atoms with Crippen molar-refractivity contribution in [2.75, 3.05) is 5.88 Å². The van der Waals surface area contributed by atoms with Gasteiger partial charge in [-0.05, 0) is 37.8 Å². The van der Waals surface area contributed by atoms with Crippen LogP contribution in [0.15, 0.2) is 12.1 Å². The minimum Gasteiger partial charge on any atom is -0.386 e. The van der Waals surface area contributed by atoms with Crippen LogP contribution in [0.25, 0.3) is 0 Å². The molecule has 0 bridgehead atoms. The summed E-state index contributed by atoms with van der Waals surface area (Å²) in [7, 11) is 0. The van der Waals surface area contributed by atoms with E-state index in [1.54, 1.807) is 0 Å². The van der Waals surface area contributed by atoms with Crippen LogP contribution in [0.3, 0.4) is 0 Å². The molecule has 104 valence electrons. The van der Waals surface area contributed by atoms with Crippen LogP contribution in [-0.4, -0.2) is 17.3 Å². The Labute approximate surface area is 122 Å². The van der Waals surface area contributed by atoms with Crippen molar-refractivity contribution in [3.05, 3.63) is 21.9 Å². The average molecular weight is 300 g/mol. The minimum absolute atomic E-state index is 0.0633. The van der Waals surface area contributed by atoms with Crippen molar-refractivity contribution < 1.29 is 9.90 Å². The molecule has 0 aliphatic carbocycles. The number of aryl methyl sites for hydroxylation is 1. The molecule has 2 atom stereocenters. The van der Waals surface area contributed by atoms with Gasteiger partial charge < -0.3 is 9.90 Å². The Morgan fingerprint density at radius 2 is 2.26 bits per heavy atom. The van der Waals surface area contributed by atoms with Gasteiger partial charge in [0.15, 0.2) is 0 Å². The van der Waals surface area contributed by atoms with Gasteiger partial charge in [-0.25, -0.2) is 0 Å². The van der Waals surface area contributed by atoms with Crippen molar-refractivity contribution in [2.24, 2.45) is 5.92 Å². The predicted molar refractivity (Wildman–Crippen MR) is 77.3 cm³/mol. The summed E-state index contributed by atoms with van der Waals surface area (Å²) in [5.74, 6) is 0.654. The monoisotopic (exact) mass is 299 g/mol. The Bertz CT molecular complexity index is 427. The fourth-order valence-electron chi connectivity index (χ4n) is 1.84. The van der Waals surface area contributed by atoms with E-state index in [1.165, 1.54) is 11.3 Å². The topological polar surface area (TPSA) is 61.1 Å². The maximum Gasteiger partial charge on any atom is 0.123 e. The lowest BCUT2D eigenvalue weighted by Gasteiger charge is -2.07. The zero-order valence-electron chi connectivity index (χ0n) is 10.7. The first kappa shape index (κ1) is 16.2. The van der Waals surface area contributed by atoms with E-state index in [2.05, 4.69) is 0 Å². The van der Waals surface area contributed by atoms with Crippen LogP contribution in [0.2, 0.25) is 0 Å². The SMILES string of the molecule is N#CC[C@@H](O)c1ccc(CCC(C=O)CCCCl)s1. The first-order chi connectivity index (χ1) is 9.21. The summed E-state index contributed by atoms with van der Waals surface area (Å²) in [5, 5.41) is 18.2. The Kier molecular flexibility index (Phi) is 7.73. The molecule has 1 aromatic rings. The highest BCUT2D eigenvalue weighted by Crippen LogP contribution is 2.27. The number of aliphatic hydroxyl groups is 1. The minimum atomic E-state index is -0.693. The summed E-state index contributed by atoms with van der Waals surface area (Å²) >= 11 is 7.13. The van der Waals surface area contributed by atoms with E-state index in [0.717, 1.165) is 41.7 Å². The highest BCUT2D eigenvalue weighted by molar-refractivity contribution is 7.12. The number of nitriles is 1. The maximum absolute atomic E-state index is 10.9. The third-order valence-electron chi connectivity index (χ3n) is 2.96. The van der Waals surface area contributed by atoms with Gasteiger partial charge in [0.2, 0.25) is 0 Å². The fourth-order valence-corrected chi connectivity index (χ4v) is 3.01. The summed E-state index contributed by atoms with van der Waals surface area (Å²) in [4.78, 5) is 12.9. The van der Waals surface area contributed by atoms with Gasteiger partial charge in [0.25, 0.3) is 0 Å². The molecule has 0 aromatic carbocycles. The van der Waals surface area contributed by atoms with E-state index >= 15 is 0 Å². The molecule has 5 heteroatoms. The predicted octanol–water partition coefficient (Wildman–Crippen LogP) is 3.46. The molecule has 0 aliphatic heterocycles. The van der Waals surface area contributed by atoms with E-state index in [9.17, 15) is 9.90 Å². The van der Waals surface area contributed by atoms with Gasteiger partial charge in [0.1, 0.15) is 12.4 Å². The van der Waals surface area contributed by atoms with Crippen molar-refractivity contribution in [3.8, 4) is 6.07 Å². The second kappa shape index (κ2) is 9.08. The fraction of sp³-hybridized carbons (Fsp3) is 0.571. The lowest BCUT2D eigenvalue weighted by Crippen LogP contribution is -2.03. The Morgan fingerprint density at radius 3 is 2.89 bits per heavy atom. The van der Waals surface area contributed by atoms with Crippen LogP contribution in [0.5, 0.6) is 0 Å². The van der Waals surface area contributed by atoms with Crippen LogP contribution < -0.4 is 0 Å². The summed E-state index contributed by atoms with van der Waals surface area (Å²) < 4.78 is 0. The number of halogens is 1. The van der Waals surface area contributed by atoms with Crippen molar-refractivity contribution in [1.29, 1.82) is 5.26 Å². The third kappa shape index (κ3) is 5.73. The van der Waals surface area contributed by atoms with Crippen LogP contribution >= 0.6 is 22.9 Å². The zero-order valence-corrected chi connectivity index (χ0v) is 12.3. The molecule has 0 aliphatic rings. The van der Waals surface area contributed by atoms with Crippen molar-refractivity contribution in [3.63, 3.8) is 0 Å². The Hall–Kier alpha value is -0.890. The number of hydrogen-bond donors (Lipinski definition) is 1. The number of aldehydes is 1. The van der Waals surface area contributed by atoms with Crippen molar-refractivity contribution in [1.82, 2.24) is 0 Å². The standard InChI is InChI=1S/C14H18ClNO2S/c15-8-1-2-11(10-17)3-4-12-5-6-14(19-12)13(18)7-9-16/h5-6,10-11,13,18H,1-4,7-8H2/t11?,13-/m1/s1. The van der Waals surface area contributed by atoms with Crippen LogP contribution in [-0.2, 0) is 11.2 Å². The molecule has 0 amide bonds. The molecule has 0 spiro atoms. The van der Waals surface area contributed by atoms with Crippen LogP contribution in [0.4, 0.5) is 0 Å². The first-order valence-electron chi connectivity index (χ1n) is 6.36.